The van der Waals surface area contributed by atoms with Gasteiger partial charge in [-0.05, 0) is 30.3 Å². The van der Waals surface area contributed by atoms with Crippen molar-refractivity contribution < 1.29 is 18.3 Å². The summed E-state index contributed by atoms with van der Waals surface area (Å²) in [5.74, 6) is -2.07. The molecule has 6 heteroatoms. The van der Waals surface area contributed by atoms with Gasteiger partial charge in [0.05, 0.1) is 5.02 Å². The number of carbonyl (C=O) groups excluding carboxylic acids is 1. The maximum Gasteiger partial charge on any atom is 0.342 e. The summed E-state index contributed by atoms with van der Waals surface area (Å²) in [6.07, 6.45) is 0. The molecule has 0 bridgehead atoms. The standard InChI is InChI=1S/C14H10ClF2NO2/c15-10-2-1-3-12(18)13(10)14(19)20-7-8-6-9(16)4-5-11(8)17/h1-6H,7,18H2. The fraction of sp³-hybridized carbons (Fsp3) is 0.0714. The van der Waals surface area contributed by atoms with Gasteiger partial charge < -0.3 is 10.5 Å². The first-order valence-electron chi connectivity index (χ1n) is 5.64. The van der Waals surface area contributed by atoms with Crippen LogP contribution in [-0.2, 0) is 11.3 Å². The largest absolute Gasteiger partial charge is 0.457 e. The van der Waals surface area contributed by atoms with Gasteiger partial charge >= 0.3 is 5.97 Å². The number of nitrogen functional groups attached to an aromatic ring is 1. The monoisotopic (exact) mass is 297 g/mol. The van der Waals surface area contributed by atoms with E-state index in [9.17, 15) is 13.6 Å². The number of anilines is 1. The fourth-order valence-electron chi connectivity index (χ4n) is 1.63. The summed E-state index contributed by atoms with van der Waals surface area (Å²) < 4.78 is 31.2. The molecule has 3 nitrogen and oxygen atoms in total. The van der Waals surface area contributed by atoms with Gasteiger partial charge in [-0.25, -0.2) is 13.6 Å². The summed E-state index contributed by atoms with van der Waals surface area (Å²) in [6.45, 7) is -0.410. The van der Waals surface area contributed by atoms with Gasteiger partial charge in [-0.3, -0.25) is 0 Å². The molecule has 0 amide bonds. The normalized spacial score (nSPS) is 10.3. The average Bonchev–Trinajstić information content (AvgIpc) is 2.39. The number of esters is 1. The van der Waals surface area contributed by atoms with Crippen molar-refractivity contribution in [2.24, 2.45) is 0 Å². The van der Waals surface area contributed by atoms with Crippen LogP contribution >= 0.6 is 11.6 Å². The Balaban J connectivity index is 2.15. The van der Waals surface area contributed by atoms with Crippen molar-refractivity contribution in [3.05, 3.63) is 64.2 Å². The molecule has 0 aromatic heterocycles. The summed E-state index contributed by atoms with van der Waals surface area (Å²) >= 11 is 5.85. The lowest BCUT2D eigenvalue weighted by Gasteiger charge is -2.09. The lowest BCUT2D eigenvalue weighted by Crippen LogP contribution is -2.09. The highest BCUT2D eigenvalue weighted by atomic mass is 35.5. The van der Waals surface area contributed by atoms with Gasteiger partial charge in [0, 0.05) is 11.3 Å². The molecule has 0 aliphatic rings. The minimum atomic E-state index is -0.795. The Morgan fingerprint density at radius 3 is 2.70 bits per heavy atom. The summed E-state index contributed by atoms with van der Waals surface area (Å²) in [5.41, 5.74) is 5.72. The maximum atomic E-state index is 13.4. The van der Waals surface area contributed by atoms with Gasteiger partial charge in [0.15, 0.2) is 0 Å². The molecule has 0 fully saturated rings. The molecule has 0 aliphatic heterocycles. The fourth-order valence-corrected chi connectivity index (χ4v) is 1.88. The number of nitrogens with two attached hydrogens (primary N) is 1. The number of hydrogen-bond acceptors (Lipinski definition) is 3. The molecular weight excluding hydrogens is 288 g/mol. The number of benzene rings is 2. The van der Waals surface area contributed by atoms with Crippen LogP contribution in [0.15, 0.2) is 36.4 Å². The van der Waals surface area contributed by atoms with Gasteiger partial charge in [-0.15, -0.1) is 0 Å². The van der Waals surface area contributed by atoms with E-state index in [1.807, 2.05) is 0 Å². The molecule has 2 rings (SSSR count). The zero-order valence-electron chi connectivity index (χ0n) is 10.2. The smallest absolute Gasteiger partial charge is 0.342 e. The molecule has 0 aliphatic carbocycles. The molecule has 0 spiro atoms. The Morgan fingerprint density at radius 1 is 1.25 bits per heavy atom. The molecular formula is C14H10ClF2NO2. The van der Waals surface area contributed by atoms with Crippen LogP contribution in [0.1, 0.15) is 15.9 Å². The maximum absolute atomic E-state index is 13.4. The van der Waals surface area contributed by atoms with E-state index in [4.69, 9.17) is 22.1 Å². The quantitative estimate of drug-likeness (QED) is 0.696. The third kappa shape index (κ3) is 3.05. The van der Waals surface area contributed by atoms with Crippen molar-refractivity contribution in [2.45, 2.75) is 6.61 Å². The van der Waals surface area contributed by atoms with Crippen molar-refractivity contribution in [3.8, 4) is 0 Å². The molecule has 0 radical (unpaired) electrons. The van der Waals surface area contributed by atoms with Crippen LogP contribution in [0.5, 0.6) is 0 Å². The van der Waals surface area contributed by atoms with Crippen molar-refractivity contribution in [1.82, 2.24) is 0 Å². The van der Waals surface area contributed by atoms with Crippen LogP contribution in [0.2, 0.25) is 5.02 Å². The summed E-state index contributed by atoms with van der Waals surface area (Å²) in [6, 6.07) is 7.46. The molecule has 2 aromatic rings. The molecule has 0 atom stereocenters. The third-order valence-electron chi connectivity index (χ3n) is 2.62. The molecule has 2 aromatic carbocycles. The van der Waals surface area contributed by atoms with E-state index in [2.05, 4.69) is 0 Å². The molecule has 104 valence electrons. The van der Waals surface area contributed by atoms with E-state index in [1.54, 1.807) is 6.07 Å². The van der Waals surface area contributed by atoms with Crippen LogP contribution < -0.4 is 5.73 Å². The number of hydrogen-bond donors (Lipinski definition) is 1. The summed E-state index contributed by atoms with van der Waals surface area (Å²) in [4.78, 5) is 11.9. The van der Waals surface area contributed by atoms with Crippen LogP contribution in [-0.4, -0.2) is 5.97 Å². The molecule has 2 N–H and O–H groups in total. The number of halogens is 3. The Labute approximate surface area is 118 Å². The minimum absolute atomic E-state index is 0.00554. The number of rotatable bonds is 3. The molecule has 20 heavy (non-hydrogen) atoms. The second-order valence-corrected chi connectivity index (χ2v) is 4.42. The second-order valence-electron chi connectivity index (χ2n) is 4.02. The molecule has 0 saturated carbocycles. The van der Waals surface area contributed by atoms with E-state index in [0.29, 0.717) is 0 Å². The molecule has 0 unspecified atom stereocenters. The SMILES string of the molecule is Nc1cccc(Cl)c1C(=O)OCc1cc(F)ccc1F. The molecule has 0 heterocycles. The highest BCUT2D eigenvalue weighted by Crippen LogP contribution is 2.23. The van der Waals surface area contributed by atoms with Gasteiger partial charge in [-0.2, -0.15) is 0 Å². The zero-order chi connectivity index (χ0) is 14.7. The highest BCUT2D eigenvalue weighted by molar-refractivity contribution is 6.34. The van der Waals surface area contributed by atoms with Gasteiger partial charge in [0.25, 0.3) is 0 Å². The van der Waals surface area contributed by atoms with Gasteiger partial charge in [-0.1, -0.05) is 17.7 Å². The van der Waals surface area contributed by atoms with Crippen molar-refractivity contribution in [1.29, 1.82) is 0 Å². The van der Waals surface area contributed by atoms with E-state index >= 15 is 0 Å². The van der Waals surface area contributed by atoms with E-state index in [1.165, 1.54) is 12.1 Å². The predicted octanol–water partition coefficient (Wildman–Crippen LogP) is 3.56. The number of carbonyl (C=O) groups is 1. The first-order chi connectivity index (χ1) is 9.49. The second kappa shape index (κ2) is 5.88. The van der Waals surface area contributed by atoms with Gasteiger partial charge in [0.1, 0.15) is 23.8 Å². The Bertz CT molecular complexity index is 641. The lowest BCUT2D eigenvalue weighted by atomic mass is 10.2. The Kier molecular flexibility index (Phi) is 4.20. The van der Waals surface area contributed by atoms with Crippen molar-refractivity contribution in [3.63, 3.8) is 0 Å². The van der Waals surface area contributed by atoms with Crippen LogP contribution in [0.3, 0.4) is 0 Å². The summed E-state index contributed by atoms with van der Waals surface area (Å²) in [5, 5.41) is 0.134. The van der Waals surface area contributed by atoms with Gasteiger partial charge in [0.2, 0.25) is 0 Å². The highest BCUT2D eigenvalue weighted by Gasteiger charge is 2.16. The first kappa shape index (κ1) is 14.3. The first-order valence-corrected chi connectivity index (χ1v) is 6.02. The van der Waals surface area contributed by atoms with Crippen LogP contribution in [0.4, 0.5) is 14.5 Å². The summed E-state index contributed by atoms with van der Waals surface area (Å²) in [7, 11) is 0. The zero-order valence-corrected chi connectivity index (χ0v) is 11.0. The van der Waals surface area contributed by atoms with Crippen LogP contribution in [0.25, 0.3) is 0 Å². The van der Waals surface area contributed by atoms with Crippen molar-refractivity contribution in [2.75, 3.05) is 5.73 Å². The van der Waals surface area contributed by atoms with Crippen LogP contribution in [0, 0.1) is 11.6 Å². The lowest BCUT2D eigenvalue weighted by molar-refractivity contribution is 0.0470. The Morgan fingerprint density at radius 2 is 2.00 bits per heavy atom. The van der Waals surface area contributed by atoms with E-state index < -0.39 is 24.2 Å². The number of ether oxygens (including phenoxy) is 1. The topological polar surface area (TPSA) is 52.3 Å². The third-order valence-corrected chi connectivity index (χ3v) is 2.93. The molecule has 0 saturated heterocycles. The van der Waals surface area contributed by atoms with E-state index in [0.717, 1.165) is 18.2 Å². The van der Waals surface area contributed by atoms with E-state index in [-0.39, 0.29) is 21.8 Å². The predicted molar refractivity (Wildman–Crippen MR) is 71.3 cm³/mol. The Hall–Kier alpha value is -2.14. The van der Waals surface area contributed by atoms with Crippen molar-refractivity contribution >= 4 is 23.3 Å². The average molecular weight is 298 g/mol. The minimum Gasteiger partial charge on any atom is -0.457 e.